The second-order valence-corrected chi connectivity index (χ2v) is 14.3. The topological polar surface area (TPSA) is 19.7 Å². The van der Waals surface area contributed by atoms with Crippen LogP contribution in [0.5, 0.6) is 0 Å². The molecule has 0 saturated heterocycles. The standard InChI is InChI=1S/C48H32N4/c1-49-43-27-29(51-39-19-9-5-13-31(39)32-14-6-10-20-40(32)51)23-25-37(43)45-35-17-3-4-18-36(35)46-38-26-24-30(28-44(38)50(2)48(46)47(45)49)52-41-21-11-7-15-33(41)34-16-8-12-22-42(34)52/h3-28H,1-2H3. The third-order valence-corrected chi connectivity index (χ3v) is 11.7. The normalized spacial score (nSPS) is 12.4. The average molecular weight is 665 g/mol. The lowest BCUT2D eigenvalue weighted by Gasteiger charge is -2.09. The Morgan fingerprint density at radius 3 is 0.942 bits per heavy atom. The van der Waals surface area contributed by atoms with Crippen molar-refractivity contribution in [3.05, 3.63) is 158 Å². The number of aryl methyl sites for hydroxylation is 2. The largest absolute Gasteiger partial charge is 0.342 e. The highest BCUT2D eigenvalue weighted by Crippen LogP contribution is 2.45. The van der Waals surface area contributed by atoms with Crippen LogP contribution in [-0.4, -0.2) is 18.3 Å². The van der Waals surface area contributed by atoms with Gasteiger partial charge in [-0.15, -0.1) is 0 Å². The molecule has 0 N–H and O–H groups in total. The fraction of sp³-hybridized carbons (Fsp3) is 0.0417. The van der Waals surface area contributed by atoms with Crippen molar-refractivity contribution in [2.45, 2.75) is 0 Å². The third kappa shape index (κ3) is 3.41. The zero-order chi connectivity index (χ0) is 34.2. The molecule has 52 heavy (non-hydrogen) atoms. The van der Waals surface area contributed by atoms with Gasteiger partial charge in [-0.1, -0.05) is 109 Å². The van der Waals surface area contributed by atoms with Crippen LogP contribution in [0, 0.1) is 0 Å². The number of hydrogen-bond acceptors (Lipinski definition) is 0. The average Bonchev–Trinajstić information content (AvgIpc) is 3.90. The molecule has 0 saturated carbocycles. The van der Waals surface area contributed by atoms with Crippen molar-refractivity contribution in [2.24, 2.45) is 14.1 Å². The van der Waals surface area contributed by atoms with Crippen LogP contribution >= 0.6 is 0 Å². The zero-order valence-corrected chi connectivity index (χ0v) is 28.8. The number of hydrogen-bond donors (Lipinski definition) is 0. The molecule has 0 atom stereocenters. The van der Waals surface area contributed by atoms with Gasteiger partial charge >= 0.3 is 0 Å². The van der Waals surface area contributed by atoms with Gasteiger partial charge in [0.15, 0.2) is 0 Å². The van der Waals surface area contributed by atoms with Gasteiger partial charge < -0.3 is 18.3 Å². The summed E-state index contributed by atoms with van der Waals surface area (Å²) >= 11 is 0. The SMILES string of the molecule is Cn1c2cc(-n3c4ccccc4c4ccccc43)ccc2c2c3ccccc3c3c4ccc(-n5c6ccccc6c6ccccc65)cc4n(C)c3c21. The fourth-order valence-electron chi connectivity index (χ4n) is 9.55. The quantitative estimate of drug-likeness (QED) is 0.175. The Balaban J connectivity index is 1.18. The van der Waals surface area contributed by atoms with Crippen LogP contribution in [0.2, 0.25) is 0 Å². The second kappa shape index (κ2) is 9.93. The predicted octanol–water partition coefficient (Wildman–Crippen LogP) is 12.3. The van der Waals surface area contributed by atoms with Crippen LogP contribution < -0.4 is 0 Å². The van der Waals surface area contributed by atoms with Crippen molar-refractivity contribution in [3.8, 4) is 11.4 Å². The predicted molar refractivity (Wildman–Crippen MR) is 221 cm³/mol. The molecule has 12 aromatic rings. The van der Waals surface area contributed by atoms with Crippen molar-refractivity contribution in [2.75, 3.05) is 0 Å². The summed E-state index contributed by atoms with van der Waals surface area (Å²) in [7, 11) is 4.49. The van der Waals surface area contributed by atoms with Crippen molar-refractivity contribution >= 4 is 98.0 Å². The number of aromatic nitrogens is 4. The molecule has 0 fully saturated rings. The fourth-order valence-corrected chi connectivity index (χ4v) is 9.55. The molecule has 0 aliphatic heterocycles. The molecule has 4 heteroatoms. The van der Waals surface area contributed by atoms with E-state index in [9.17, 15) is 0 Å². The molecule has 8 aromatic carbocycles. The second-order valence-electron chi connectivity index (χ2n) is 14.3. The van der Waals surface area contributed by atoms with Crippen LogP contribution in [0.1, 0.15) is 0 Å². The monoisotopic (exact) mass is 664 g/mol. The minimum atomic E-state index is 1.17. The van der Waals surface area contributed by atoms with Gasteiger partial charge in [-0.3, -0.25) is 0 Å². The molecule has 0 aliphatic rings. The number of fused-ring (bicyclic) bond motifs is 16. The molecular weight excluding hydrogens is 633 g/mol. The Bertz CT molecular complexity index is 3150. The maximum absolute atomic E-state index is 2.43. The van der Waals surface area contributed by atoms with Crippen LogP contribution in [0.15, 0.2) is 158 Å². The van der Waals surface area contributed by atoms with E-state index in [1.54, 1.807) is 0 Å². The molecule has 4 aromatic heterocycles. The third-order valence-electron chi connectivity index (χ3n) is 11.7. The Morgan fingerprint density at radius 2 is 0.596 bits per heavy atom. The van der Waals surface area contributed by atoms with E-state index < -0.39 is 0 Å². The van der Waals surface area contributed by atoms with Crippen LogP contribution in [-0.2, 0) is 14.1 Å². The Kier molecular flexibility index (Phi) is 5.34. The van der Waals surface area contributed by atoms with Gasteiger partial charge in [-0.05, 0) is 59.3 Å². The molecule has 244 valence electrons. The van der Waals surface area contributed by atoms with E-state index >= 15 is 0 Å². The molecule has 4 heterocycles. The Labute approximate surface area is 298 Å². The van der Waals surface area contributed by atoms with Crippen LogP contribution in [0.3, 0.4) is 0 Å². The maximum Gasteiger partial charge on any atom is 0.0742 e. The summed E-state index contributed by atoms with van der Waals surface area (Å²) in [6, 6.07) is 58.1. The summed E-state index contributed by atoms with van der Waals surface area (Å²) < 4.78 is 9.71. The first-order chi connectivity index (χ1) is 25.7. The highest BCUT2D eigenvalue weighted by Gasteiger charge is 2.23. The minimum Gasteiger partial charge on any atom is -0.342 e. The summed E-state index contributed by atoms with van der Waals surface area (Å²) in [5.41, 5.74) is 12.2. The van der Waals surface area contributed by atoms with E-state index in [4.69, 9.17) is 0 Å². The van der Waals surface area contributed by atoms with Gasteiger partial charge in [0.05, 0.1) is 44.1 Å². The molecule has 0 amide bonds. The van der Waals surface area contributed by atoms with Gasteiger partial charge in [0.2, 0.25) is 0 Å². The van der Waals surface area contributed by atoms with E-state index in [2.05, 4.69) is 190 Å². The van der Waals surface area contributed by atoms with Crippen molar-refractivity contribution in [3.63, 3.8) is 0 Å². The Morgan fingerprint density at radius 1 is 0.288 bits per heavy atom. The summed E-state index contributed by atoms with van der Waals surface area (Å²) in [6.45, 7) is 0. The summed E-state index contributed by atoms with van der Waals surface area (Å²) in [5.74, 6) is 0. The highest BCUT2D eigenvalue weighted by atomic mass is 15.0. The lowest BCUT2D eigenvalue weighted by atomic mass is 9.98. The minimum absolute atomic E-state index is 1.17. The first-order valence-electron chi connectivity index (χ1n) is 18.0. The Hall–Kier alpha value is -6.78. The number of nitrogens with zero attached hydrogens (tertiary/aromatic N) is 4. The highest BCUT2D eigenvalue weighted by molar-refractivity contribution is 6.36. The molecule has 0 bridgehead atoms. The number of rotatable bonds is 2. The number of benzene rings is 8. The zero-order valence-electron chi connectivity index (χ0n) is 28.8. The van der Waals surface area contributed by atoms with Crippen LogP contribution in [0.25, 0.3) is 109 Å². The van der Waals surface area contributed by atoms with Crippen molar-refractivity contribution < 1.29 is 0 Å². The van der Waals surface area contributed by atoms with Gasteiger partial charge in [0, 0.05) is 68.6 Å². The molecule has 0 spiro atoms. The van der Waals surface area contributed by atoms with E-state index in [0.29, 0.717) is 0 Å². The van der Waals surface area contributed by atoms with Gasteiger partial charge in [0.1, 0.15) is 0 Å². The summed E-state index contributed by atoms with van der Waals surface area (Å²) in [6.07, 6.45) is 0. The molecule has 0 unspecified atom stereocenters. The van der Waals surface area contributed by atoms with Crippen molar-refractivity contribution in [1.29, 1.82) is 0 Å². The van der Waals surface area contributed by atoms with E-state index in [1.807, 2.05) is 0 Å². The first kappa shape index (κ1) is 28.0. The smallest absolute Gasteiger partial charge is 0.0742 e. The lowest BCUT2D eigenvalue weighted by molar-refractivity contribution is 0.985. The van der Waals surface area contributed by atoms with E-state index in [0.717, 1.165) is 0 Å². The maximum atomic E-state index is 2.43. The summed E-state index contributed by atoms with van der Waals surface area (Å²) in [5, 5.41) is 12.9. The lowest BCUT2D eigenvalue weighted by Crippen LogP contribution is -1.96. The van der Waals surface area contributed by atoms with Crippen LogP contribution in [0.4, 0.5) is 0 Å². The van der Waals surface area contributed by atoms with E-state index in [-0.39, 0.29) is 0 Å². The first-order valence-corrected chi connectivity index (χ1v) is 18.0. The summed E-state index contributed by atoms with van der Waals surface area (Å²) in [4.78, 5) is 0. The van der Waals surface area contributed by atoms with Gasteiger partial charge in [-0.2, -0.15) is 0 Å². The van der Waals surface area contributed by atoms with E-state index in [1.165, 1.54) is 109 Å². The molecular formula is C48H32N4. The van der Waals surface area contributed by atoms with Gasteiger partial charge in [-0.25, -0.2) is 0 Å². The molecule has 12 rings (SSSR count). The molecule has 4 nitrogen and oxygen atoms in total. The van der Waals surface area contributed by atoms with Gasteiger partial charge in [0.25, 0.3) is 0 Å². The molecule has 0 aliphatic carbocycles. The van der Waals surface area contributed by atoms with Crippen molar-refractivity contribution in [1.82, 2.24) is 18.3 Å². The number of para-hydroxylation sites is 4. The molecule has 0 radical (unpaired) electrons.